The molecule has 13 nitrogen and oxygen atoms in total. The Morgan fingerprint density at radius 1 is 1.54 bits per heavy atom. The maximum atomic E-state index is 12.5. The van der Waals surface area contributed by atoms with Crippen molar-refractivity contribution in [3.8, 4) is 0 Å². The summed E-state index contributed by atoms with van der Waals surface area (Å²) in [7, 11) is -2.15. The highest BCUT2D eigenvalue weighted by Gasteiger charge is 2.53. The second-order valence-corrected chi connectivity index (χ2v) is 6.28. The molecule has 132 valence electrons. The number of aromatic nitrogens is 2. The molecule has 2 aliphatic heterocycles. The first-order valence-electron chi connectivity index (χ1n) is 6.59. The van der Waals surface area contributed by atoms with Gasteiger partial charge in [-0.05, 0) is 0 Å². The van der Waals surface area contributed by atoms with Gasteiger partial charge in [0.05, 0.1) is 18.4 Å². The number of amidine groups is 1. The summed E-state index contributed by atoms with van der Waals surface area (Å²) in [4.78, 5) is 13.6. The van der Waals surface area contributed by atoms with Crippen LogP contribution in [-0.4, -0.2) is 73.7 Å². The van der Waals surface area contributed by atoms with Crippen molar-refractivity contribution >= 4 is 22.3 Å². The number of fused-ring (bicyclic) bond motifs is 4. The largest absolute Gasteiger partial charge is 0.418 e. The van der Waals surface area contributed by atoms with Crippen LogP contribution in [0.4, 0.5) is 4.79 Å². The van der Waals surface area contributed by atoms with Gasteiger partial charge in [-0.3, -0.25) is 14.4 Å². The number of hydrogen-bond acceptors (Lipinski definition) is 8. The van der Waals surface area contributed by atoms with Crippen molar-refractivity contribution in [2.24, 2.45) is 12.2 Å². The zero-order chi connectivity index (χ0) is 17.8. The van der Waals surface area contributed by atoms with Crippen LogP contribution in [0, 0.1) is 0 Å². The molecule has 2 bridgehead atoms. The van der Waals surface area contributed by atoms with Crippen molar-refractivity contribution in [3.05, 3.63) is 17.5 Å². The molecule has 14 heteroatoms. The number of hydrogen-bond donors (Lipinski definition) is 3. The molecule has 0 spiro atoms. The molecule has 1 fully saturated rings. The second kappa shape index (κ2) is 5.30. The molecule has 1 saturated heterocycles. The van der Waals surface area contributed by atoms with E-state index in [0.717, 1.165) is 4.90 Å². The molecule has 24 heavy (non-hydrogen) atoms. The topological polar surface area (TPSA) is 161 Å². The van der Waals surface area contributed by atoms with Gasteiger partial charge in [0.25, 0.3) is 0 Å². The molecule has 0 radical (unpaired) electrons. The number of likely N-dealkylation sites (N-methyl/N-ethyl adjacent to an activating group) is 1. The first-order chi connectivity index (χ1) is 11.2. The average molecular weight is 362 g/mol. The van der Waals surface area contributed by atoms with Crippen molar-refractivity contribution < 1.29 is 32.5 Å². The SMILES string of the molecule is CN(O)/C(=N\O)[C@@H]1c2c(cnn2C)[C@H]2CN1C(=O)N2OS(=O)(=O)O. The third kappa shape index (κ3) is 2.35. The van der Waals surface area contributed by atoms with Crippen molar-refractivity contribution in [1.29, 1.82) is 0 Å². The third-order valence-corrected chi connectivity index (χ3v) is 4.23. The molecule has 0 unspecified atom stereocenters. The summed E-state index contributed by atoms with van der Waals surface area (Å²) >= 11 is 0. The molecule has 2 amide bonds. The van der Waals surface area contributed by atoms with Crippen LogP contribution in [0.15, 0.2) is 11.4 Å². The molecule has 0 aliphatic carbocycles. The zero-order valence-electron chi connectivity index (χ0n) is 12.5. The number of hydroxylamine groups is 4. The molecule has 3 rings (SSSR count). The van der Waals surface area contributed by atoms with Crippen LogP contribution < -0.4 is 0 Å². The molecule has 2 aliphatic rings. The summed E-state index contributed by atoms with van der Waals surface area (Å²) in [6.45, 7) is -0.0232. The Morgan fingerprint density at radius 3 is 2.75 bits per heavy atom. The highest BCUT2D eigenvalue weighted by Crippen LogP contribution is 2.44. The Morgan fingerprint density at radius 2 is 2.21 bits per heavy atom. The monoisotopic (exact) mass is 362 g/mol. The molecule has 3 heterocycles. The van der Waals surface area contributed by atoms with Gasteiger partial charge in [-0.1, -0.05) is 5.16 Å². The van der Waals surface area contributed by atoms with E-state index >= 15 is 0 Å². The van der Waals surface area contributed by atoms with Crippen LogP contribution in [0.2, 0.25) is 0 Å². The van der Waals surface area contributed by atoms with Gasteiger partial charge >= 0.3 is 16.4 Å². The first kappa shape index (κ1) is 16.4. The normalized spacial score (nSPS) is 23.7. The highest BCUT2D eigenvalue weighted by atomic mass is 32.3. The van der Waals surface area contributed by atoms with Crippen LogP contribution in [0.25, 0.3) is 0 Å². The quantitative estimate of drug-likeness (QED) is 0.203. The molecular weight excluding hydrogens is 348 g/mol. The Labute approximate surface area is 135 Å². The van der Waals surface area contributed by atoms with Gasteiger partial charge in [0.2, 0.25) is 0 Å². The van der Waals surface area contributed by atoms with Gasteiger partial charge in [-0.2, -0.15) is 18.6 Å². The number of amides is 2. The van der Waals surface area contributed by atoms with E-state index in [1.807, 2.05) is 0 Å². The fraction of sp³-hybridized carbons (Fsp3) is 0.500. The van der Waals surface area contributed by atoms with Gasteiger partial charge in [-0.15, -0.1) is 4.28 Å². The number of aryl methyl sites for hydroxylation is 1. The predicted molar refractivity (Wildman–Crippen MR) is 74.0 cm³/mol. The molecule has 0 aromatic carbocycles. The molecule has 1 aromatic heterocycles. The molecule has 0 saturated carbocycles. The summed E-state index contributed by atoms with van der Waals surface area (Å²) in [6.07, 6.45) is 1.40. The molecule has 1 aromatic rings. The Kier molecular flexibility index (Phi) is 3.63. The maximum Gasteiger partial charge on any atom is 0.418 e. The lowest BCUT2D eigenvalue weighted by molar-refractivity contribution is -0.0317. The first-order valence-corrected chi connectivity index (χ1v) is 7.95. The lowest BCUT2D eigenvalue weighted by Crippen LogP contribution is -2.44. The van der Waals surface area contributed by atoms with E-state index < -0.39 is 28.5 Å². The van der Waals surface area contributed by atoms with E-state index in [-0.39, 0.29) is 12.4 Å². The van der Waals surface area contributed by atoms with Gasteiger partial charge in [0.1, 0.15) is 12.1 Å². The standard InChI is InChI=1S/C10H14N6O7S/c1-13-7-5(3-11-13)6-4-15(8(7)9(12-18)14(2)19)10(17)16(6)23-24(20,21)22/h3,6,8,18-19H,4H2,1-2H3,(H,20,21,22)/b12-9-/t6-,8+/m1/s1. The van der Waals surface area contributed by atoms with Crippen molar-refractivity contribution in [3.63, 3.8) is 0 Å². The van der Waals surface area contributed by atoms with E-state index in [1.165, 1.54) is 17.9 Å². The number of oxime groups is 1. The lowest BCUT2D eigenvalue weighted by atomic mass is 9.97. The molecule has 3 N–H and O–H groups in total. The average Bonchev–Trinajstić information content (AvgIpc) is 2.96. The maximum absolute atomic E-state index is 12.5. The summed E-state index contributed by atoms with van der Waals surface area (Å²) < 4.78 is 36.7. The van der Waals surface area contributed by atoms with Crippen LogP contribution in [0.1, 0.15) is 23.3 Å². The number of nitrogens with zero attached hydrogens (tertiary/aromatic N) is 6. The van der Waals surface area contributed by atoms with Crippen molar-refractivity contribution in [2.75, 3.05) is 13.6 Å². The fourth-order valence-corrected chi connectivity index (χ4v) is 3.36. The number of rotatable bonds is 3. The fourth-order valence-electron chi connectivity index (χ4n) is 2.99. The molecule has 2 atom stereocenters. The van der Waals surface area contributed by atoms with Gasteiger partial charge in [0.15, 0.2) is 5.84 Å². The summed E-state index contributed by atoms with van der Waals surface area (Å²) in [6, 6.07) is -2.77. The van der Waals surface area contributed by atoms with E-state index in [4.69, 9.17) is 4.55 Å². The zero-order valence-corrected chi connectivity index (χ0v) is 13.3. The van der Waals surface area contributed by atoms with Gasteiger partial charge in [0, 0.05) is 19.7 Å². The lowest BCUT2D eigenvalue weighted by Gasteiger charge is -2.32. The van der Waals surface area contributed by atoms with E-state index in [0.29, 0.717) is 21.4 Å². The van der Waals surface area contributed by atoms with Crippen molar-refractivity contribution in [1.82, 2.24) is 24.8 Å². The van der Waals surface area contributed by atoms with Gasteiger partial charge in [-0.25, -0.2) is 9.86 Å². The Balaban J connectivity index is 2.14. The van der Waals surface area contributed by atoms with Crippen molar-refractivity contribution in [2.45, 2.75) is 12.1 Å². The van der Waals surface area contributed by atoms with E-state index in [1.54, 1.807) is 7.05 Å². The van der Waals surface area contributed by atoms with E-state index in [2.05, 4.69) is 14.5 Å². The third-order valence-electron chi connectivity index (χ3n) is 3.88. The smallest absolute Gasteiger partial charge is 0.409 e. The van der Waals surface area contributed by atoms with Crippen LogP contribution >= 0.6 is 0 Å². The summed E-state index contributed by atoms with van der Waals surface area (Å²) in [5, 5.41) is 27.0. The molecular formula is C10H14N6O7S. The predicted octanol–water partition coefficient (Wildman–Crippen LogP) is -0.903. The second-order valence-electron chi connectivity index (χ2n) is 5.27. The summed E-state index contributed by atoms with van der Waals surface area (Å²) in [5.74, 6) is -0.277. The van der Waals surface area contributed by atoms with Gasteiger partial charge < -0.3 is 10.1 Å². The highest BCUT2D eigenvalue weighted by molar-refractivity contribution is 7.80. The number of carbonyl (C=O) groups excluding carboxylic acids is 1. The van der Waals surface area contributed by atoms with E-state index in [9.17, 15) is 23.6 Å². The Bertz CT molecular complexity index is 818. The number of carbonyl (C=O) groups is 1. The van der Waals surface area contributed by atoms with Crippen LogP contribution in [0.3, 0.4) is 0 Å². The minimum Gasteiger partial charge on any atom is -0.409 e. The van der Waals surface area contributed by atoms with Crippen LogP contribution in [-0.2, 0) is 21.7 Å². The minimum atomic E-state index is -4.92. The number of urea groups is 1. The summed E-state index contributed by atoms with van der Waals surface area (Å²) in [5.41, 5.74) is 0.825. The minimum absolute atomic E-state index is 0.0232. The Hall–Kier alpha value is -2.42. The van der Waals surface area contributed by atoms with Crippen LogP contribution in [0.5, 0.6) is 0 Å².